The number of hydrogen-bond donors (Lipinski definition) is 2. The molecule has 2 unspecified atom stereocenters. The third-order valence-corrected chi connectivity index (χ3v) is 3.76. The number of halogens is 1. The van der Waals surface area contributed by atoms with Gasteiger partial charge in [0.25, 0.3) is 0 Å². The van der Waals surface area contributed by atoms with Crippen LogP contribution >= 0.6 is 19.2 Å². The first-order chi connectivity index (χ1) is 8.34. The molecule has 0 bridgehead atoms. The van der Waals surface area contributed by atoms with Crippen molar-refractivity contribution >= 4 is 25.3 Å². The highest BCUT2D eigenvalue weighted by atomic mass is 35.5. The molecule has 18 heavy (non-hydrogen) atoms. The van der Waals surface area contributed by atoms with Crippen molar-refractivity contribution in [1.82, 2.24) is 0 Å². The van der Waals surface area contributed by atoms with Gasteiger partial charge in [0, 0.05) is 16.4 Å². The first-order valence-corrected chi connectivity index (χ1v) is 7.55. The zero-order chi connectivity index (χ0) is 13.8. The van der Waals surface area contributed by atoms with Crippen molar-refractivity contribution in [3.63, 3.8) is 0 Å². The maximum Gasteiger partial charge on any atom is 0.351 e. The second-order valence-corrected chi connectivity index (χ2v) is 5.98. The number of phenols is 1. The summed E-state index contributed by atoms with van der Waals surface area (Å²) in [7, 11) is -3.80. The Balaban J connectivity index is 2.85. The average Bonchev–Trinajstić information content (AvgIpc) is 2.30. The fourth-order valence-corrected chi connectivity index (χ4v) is 2.47. The van der Waals surface area contributed by atoms with Gasteiger partial charge in [-0.25, -0.2) is 0 Å². The van der Waals surface area contributed by atoms with Crippen LogP contribution in [0.25, 0.3) is 6.08 Å². The molecule has 0 aliphatic carbocycles. The van der Waals surface area contributed by atoms with E-state index < -0.39 is 7.60 Å². The maximum atomic E-state index is 11.7. The first-order valence-electron chi connectivity index (χ1n) is 5.52. The van der Waals surface area contributed by atoms with Crippen LogP contribution in [0.5, 0.6) is 5.75 Å². The molecule has 0 saturated heterocycles. The minimum absolute atomic E-state index is 0.0146. The Bertz CT molecular complexity index is 487. The summed E-state index contributed by atoms with van der Waals surface area (Å²) in [4.78, 5) is 9.57. The van der Waals surface area contributed by atoms with Crippen LogP contribution in [-0.2, 0) is 9.09 Å². The van der Waals surface area contributed by atoms with E-state index in [0.29, 0.717) is 17.0 Å². The van der Waals surface area contributed by atoms with Gasteiger partial charge in [0.1, 0.15) is 5.75 Å². The van der Waals surface area contributed by atoms with E-state index in [9.17, 15) is 14.6 Å². The summed E-state index contributed by atoms with van der Waals surface area (Å²) in [5.41, 5.74) is 0.365. The highest BCUT2D eigenvalue weighted by Gasteiger charge is 2.18. The molecule has 0 aliphatic rings. The molecule has 0 aliphatic heterocycles. The second-order valence-electron chi connectivity index (χ2n) is 3.91. The number of hydrogen-bond acceptors (Lipinski definition) is 3. The zero-order valence-corrected chi connectivity index (χ0v) is 11.9. The van der Waals surface area contributed by atoms with Crippen LogP contribution < -0.4 is 0 Å². The minimum Gasteiger partial charge on any atom is -0.507 e. The van der Waals surface area contributed by atoms with Gasteiger partial charge >= 0.3 is 7.60 Å². The smallest absolute Gasteiger partial charge is 0.351 e. The zero-order valence-electron chi connectivity index (χ0n) is 10.2. The molecule has 0 radical (unpaired) electrons. The summed E-state index contributed by atoms with van der Waals surface area (Å²) in [5.74, 6) is 1.03. The number of phenolic OH excluding ortho intramolecular Hbond substituents is 1. The molecule has 0 spiro atoms. The standard InChI is InChI=1S/C12H16ClO4P/c1-3-9(2)17-18(15,16)7-6-10-8-11(13)4-5-12(10)14/h4-9,14H,3H2,1-2H3,(H,15,16). The normalized spacial score (nSPS) is 16.7. The van der Waals surface area contributed by atoms with Gasteiger partial charge in [-0.05, 0) is 37.6 Å². The Morgan fingerprint density at radius 3 is 2.83 bits per heavy atom. The van der Waals surface area contributed by atoms with Crippen LogP contribution in [0.4, 0.5) is 0 Å². The summed E-state index contributed by atoms with van der Waals surface area (Å²) >= 11 is 5.77. The summed E-state index contributed by atoms with van der Waals surface area (Å²) in [6.45, 7) is 3.57. The lowest BCUT2D eigenvalue weighted by molar-refractivity contribution is 0.192. The van der Waals surface area contributed by atoms with Gasteiger partial charge in [-0.1, -0.05) is 18.5 Å². The van der Waals surface area contributed by atoms with Crippen molar-refractivity contribution < 1.29 is 19.1 Å². The molecule has 0 aromatic heterocycles. The molecule has 100 valence electrons. The van der Waals surface area contributed by atoms with Crippen LogP contribution in [0.3, 0.4) is 0 Å². The monoisotopic (exact) mass is 290 g/mol. The van der Waals surface area contributed by atoms with Crippen molar-refractivity contribution in [2.24, 2.45) is 0 Å². The minimum atomic E-state index is -3.80. The summed E-state index contributed by atoms with van der Waals surface area (Å²) in [6.07, 6.45) is 1.66. The van der Waals surface area contributed by atoms with Crippen LogP contribution in [0.15, 0.2) is 24.0 Å². The molecule has 1 aromatic rings. The molecular formula is C12H16ClO4P. The third-order valence-electron chi connectivity index (χ3n) is 2.34. The van der Waals surface area contributed by atoms with E-state index in [1.165, 1.54) is 24.3 Å². The van der Waals surface area contributed by atoms with E-state index in [1.54, 1.807) is 6.92 Å². The van der Waals surface area contributed by atoms with E-state index in [2.05, 4.69) is 0 Å². The summed E-state index contributed by atoms with van der Waals surface area (Å²) < 4.78 is 16.7. The first kappa shape index (κ1) is 15.3. The molecule has 0 heterocycles. The molecule has 1 aromatic carbocycles. The van der Waals surface area contributed by atoms with Crippen molar-refractivity contribution in [3.05, 3.63) is 34.6 Å². The Labute approximate surface area is 111 Å². The Morgan fingerprint density at radius 1 is 1.56 bits per heavy atom. The van der Waals surface area contributed by atoms with Crippen molar-refractivity contribution in [3.8, 4) is 5.75 Å². The Hall–Kier alpha value is -0.800. The molecule has 4 nitrogen and oxygen atoms in total. The fourth-order valence-electron chi connectivity index (χ4n) is 1.20. The van der Waals surface area contributed by atoms with Crippen molar-refractivity contribution in [1.29, 1.82) is 0 Å². The van der Waals surface area contributed by atoms with Crippen LogP contribution in [0.2, 0.25) is 5.02 Å². The summed E-state index contributed by atoms with van der Waals surface area (Å²) in [6, 6.07) is 4.44. The van der Waals surface area contributed by atoms with Gasteiger partial charge in [-0.15, -0.1) is 0 Å². The second kappa shape index (κ2) is 6.39. The highest BCUT2D eigenvalue weighted by Crippen LogP contribution is 2.46. The lowest BCUT2D eigenvalue weighted by Gasteiger charge is -2.13. The number of benzene rings is 1. The summed E-state index contributed by atoms with van der Waals surface area (Å²) in [5, 5.41) is 9.97. The molecule has 0 fully saturated rings. The van der Waals surface area contributed by atoms with Crippen LogP contribution in [0.1, 0.15) is 25.8 Å². The molecule has 2 N–H and O–H groups in total. The molecule has 0 amide bonds. The molecule has 2 atom stereocenters. The van der Waals surface area contributed by atoms with Gasteiger partial charge in [0.2, 0.25) is 0 Å². The van der Waals surface area contributed by atoms with Crippen LogP contribution in [0, 0.1) is 0 Å². The SMILES string of the molecule is CCC(C)OP(=O)(O)C=Cc1cc(Cl)ccc1O. The highest BCUT2D eigenvalue weighted by molar-refractivity contribution is 7.56. The largest absolute Gasteiger partial charge is 0.507 e. The van der Waals surface area contributed by atoms with Gasteiger partial charge in [-0.3, -0.25) is 4.57 Å². The van der Waals surface area contributed by atoms with E-state index in [1.807, 2.05) is 6.92 Å². The maximum absolute atomic E-state index is 11.7. The molecular weight excluding hydrogens is 275 g/mol. The molecule has 6 heteroatoms. The molecule has 0 saturated carbocycles. The lowest BCUT2D eigenvalue weighted by Crippen LogP contribution is -2.02. The number of rotatable bonds is 5. The van der Waals surface area contributed by atoms with Gasteiger partial charge in [-0.2, -0.15) is 0 Å². The van der Waals surface area contributed by atoms with E-state index in [-0.39, 0.29) is 11.9 Å². The number of aromatic hydroxyl groups is 1. The Kier molecular flexibility index (Phi) is 5.42. The van der Waals surface area contributed by atoms with Gasteiger partial charge in [0.05, 0.1) is 6.10 Å². The van der Waals surface area contributed by atoms with E-state index in [4.69, 9.17) is 16.1 Å². The van der Waals surface area contributed by atoms with Gasteiger partial charge in [0.15, 0.2) is 0 Å². The third kappa shape index (κ3) is 4.83. The fraction of sp³-hybridized carbons (Fsp3) is 0.333. The quantitative estimate of drug-likeness (QED) is 0.804. The predicted molar refractivity (Wildman–Crippen MR) is 72.8 cm³/mol. The van der Waals surface area contributed by atoms with Crippen molar-refractivity contribution in [2.75, 3.05) is 0 Å². The van der Waals surface area contributed by atoms with Crippen molar-refractivity contribution in [2.45, 2.75) is 26.4 Å². The lowest BCUT2D eigenvalue weighted by atomic mass is 10.2. The topological polar surface area (TPSA) is 66.8 Å². The van der Waals surface area contributed by atoms with Crippen LogP contribution in [-0.4, -0.2) is 16.1 Å². The van der Waals surface area contributed by atoms with Gasteiger partial charge < -0.3 is 14.5 Å². The molecule has 1 rings (SSSR count). The predicted octanol–water partition coefficient (Wildman–Crippen LogP) is 4.02. The Morgan fingerprint density at radius 2 is 2.22 bits per heavy atom. The average molecular weight is 291 g/mol. The van der Waals surface area contributed by atoms with E-state index >= 15 is 0 Å². The van der Waals surface area contributed by atoms with E-state index in [0.717, 1.165) is 5.82 Å².